The van der Waals surface area contributed by atoms with Gasteiger partial charge in [-0.2, -0.15) is 4.31 Å². The van der Waals surface area contributed by atoms with E-state index >= 15 is 0 Å². The van der Waals surface area contributed by atoms with E-state index in [1.165, 1.54) is 36.4 Å². The van der Waals surface area contributed by atoms with Gasteiger partial charge in [0.25, 0.3) is 11.6 Å². The van der Waals surface area contributed by atoms with Crippen molar-refractivity contribution in [2.24, 2.45) is 0 Å². The molecule has 31 heavy (non-hydrogen) atoms. The van der Waals surface area contributed by atoms with Crippen molar-refractivity contribution in [1.29, 1.82) is 0 Å². The second-order valence-electron chi connectivity index (χ2n) is 7.29. The topological polar surface area (TPSA) is 119 Å². The van der Waals surface area contributed by atoms with Crippen molar-refractivity contribution in [2.75, 3.05) is 18.5 Å². The highest BCUT2D eigenvalue weighted by Gasteiger charge is 2.32. The zero-order valence-electron chi connectivity index (χ0n) is 17.2. The molecule has 1 saturated heterocycles. The van der Waals surface area contributed by atoms with Crippen molar-refractivity contribution >= 4 is 27.3 Å². The number of sulfonamides is 1. The molecule has 166 valence electrons. The number of piperidine rings is 1. The highest BCUT2D eigenvalue weighted by atomic mass is 32.2. The number of anilines is 1. The summed E-state index contributed by atoms with van der Waals surface area (Å²) in [6, 6.07) is 11.5. The molecule has 0 radical (unpaired) electrons. The quantitative estimate of drug-likeness (QED) is 0.488. The number of rotatable bonds is 8. The van der Waals surface area contributed by atoms with Crippen LogP contribution >= 0.6 is 0 Å². The van der Waals surface area contributed by atoms with Gasteiger partial charge in [0.15, 0.2) is 6.61 Å². The van der Waals surface area contributed by atoms with Crippen LogP contribution in [0.3, 0.4) is 0 Å². The van der Waals surface area contributed by atoms with E-state index in [1.807, 2.05) is 6.92 Å². The lowest BCUT2D eigenvalue weighted by molar-refractivity contribution is -0.384. The lowest BCUT2D eigenvalue weighted by Crippen LogP contribution is -2.43. The largest absolute Gasteiger partial charge is 0.484 e. The summed E-state index contributed by atoms with van der Waals surface area (Å²) in [5.74, 6) is -0.106. The number of hydrogen-bond acceptors (Lipinski definition) is 6. The van der Waals surface area contributed by atoms with E-state index in [-0.39, 0.29) is 23.2 Å². The van der Waals surface area contributed by atoms with Gasteiger partial charge in [0.2, 0.25) is 10.0 Å². The first-order chi connectivity index (χ1) is 14.8. The molecule has 0 bridgehead atoms. The maximum absolute atomic E-state index is 13.0. The Labute approximate surface area is 181 Å². The monoisotopic (exact) mass is 447 g/mol. The maximum Gasteiger partial charge on any atom is 0.269 e. The molecule has 0 aliphatic carbocycles. The van der Waals surface area contributed by atoms with Crippen molar-refractivity contribution in [3.8, 4) is 5.75 Å². The van der Waals surface area contributed by atoms with Crippen LogP contribution in [-0.2, 0) is 14.8 Å². The smallest absolute Gasteiger partial charge is 0.269 e. The molecule has 0 aromatic heterocycles. The van der Waals surface area contributed by atoms with Crippen molar-refractivity contribution in [2.45, 2.75) is 43.5 Å². The molecule has 1 N–H and O–H groups in total. The molecular weight excluding hydrogens is 422 g/mol. The Bertz CT molecular complexity index is 1020. The van der Waals surface area contributed by atoms with Gasteiger partial charge in [-0.05, 0) is 55.7 Å². The fourth-order valence-electron chi connectivity index (χ4n) is 3.55. The van der Waals surface area contributed by atoms with Crippen LogP contribution in [0.1, 0.15) is 32.6 Å². The number of nitrogens with one attached hydrogen (secondary N) is 1. The summed E-state index contributed by atoms with van der Waals surface area (Å²) in [6.07, 6.45) is 3.55. The van der Waals surface area contributed by atoms with Gasteiger partial charge in [-0.1, -0.05) is 13.3 Å². The number of ether oxygens (including phenoxy) is 1. The van der Waals surface area contributed by atoms with Gasteiger partial charge >= 0.3 is 0 Å². The van der Waals surface area contributed by atoms with Gasteiger partial charge in [0.1, 0.15) is 5.75 Å². The molecule has 3 rings (SSSR count). The van der Waals surface area contributed by atoms with Crippen LogP contribution in [0.15, 0.2) is 53.4 Å². The Morgan fingerprint density at radius 3 is 2.45 bits per heavy atom. The van der Waals surface area contributed by atoms with Gasteiger partial charge in [-0.3, -0.25) is 14.9 Å². The summed E-state index contributed by atoms with van der Waals surface area (Å²) < 4.78 is 32.9. The molecule has 1 unspecified atom stereocenters. The number of carbonyl (C=O) groups is 1. The summed E-state index contributed by atoms with van der Waals surface area (Å²) in [6.45, 7) is 2.24. The highest BCUT2D eigenvalue weighted by molar-refractivity contribution is 7.89. The highest BCUT2D eigenvalue weighted by Crippen LogP contribution is 2.27. The van der Waals surface area contributed by atoms with E-state index in [1.54, 1.807) is 16.4 Å². The zero-order valence-corrected chi connectivity index (χ0v) is 18.0. The molecule has 1 aliphatic heterocycles. The Morgan fingerprint density at radius 1 is 1.16 bits per heavy atom. The molecule has 1 atom stereocenters. The minimum Gasteiger partial charge on any atom is -0.484 e. The predicted molar refractivity (Wildman–Crippen MR) is 115 cm³/mol. The molecule has 2 aromatic carbocycles. The zero-order chi connectivity index (χ0) is 22.4. The molecule has 1 fully saturated rings. The number of hydrogen-bond donors (Lipinski definition) is 1. The maximum atomic E-state index is 13.0. The van der Waals surface area contributed by atoms with Crippen LogP contribution in [0.5, 0.6) is 5.75 Å². The van der Waals surface area contributed by atoms with Crippen molar-refractivity contribution in [1.82, 2.24) is 4.31 Å². The van der Waals surface area contributed by atoms with E-state index in [2.05, 4.69) is 5.32 Å². The van der Waals surface area contributed by atoms with Crippen LogP contribution in [0.4, 0.5) is 11.4 Å². The molecule has 1 amide bonds. The first-order valence-electron chi connectivity index (χ1n) is 10.1. The Hall–Kier alpha value is -2.98. The third-order valence-electron chi connectivity index (χ3n) is 5.21. The van der Waals surface area contributed by atoms with Gasteiger partial charge in [0, 0.05) is 30.4 Å². The minimum absolute atomic E-state index is 0.0229. The standard InChI is InChI=1S/C21H25N3O6S/c1-2-17-5-3-4-14-23(17)31(28,29)20-12-6-16(7-13-20)22-21(25)15-30-19-10-8-18(9-11-19)24(26)27/h6-13,17H,2-5,14-15H2,1H3,(H,22,25). The number of amides is 1. The Kier molecular flexibility index (Phi) is 7.24. The number of nitro groups is 1. The summed E-state index contributed by atoms with van der Waals surface area (Å²) in [5.41, 5.74) is 0.378. The lowest BCUT2D eigenvalue weighted by Gasteiger charge is -2.34. The second kappa shape index (κ2) is 9.88. The molecule has 10 heteroatoms. The molecule has 2 aromatic rings. The summed E-state index contributed by atoms with van der Waals surface area (Å²) in [7, 11) is -3.58. The molecule has 0 spiro atoms. The van der Waals surface area contributed by atoms with E-state index in [9.17, 15) is 23.3 Å². The van der Waals surface area contributed by atoms with Gasteiger partial charge < -0.3 is 10.1 Å². The number of carbonyl (C=O) groups excluding carboxylic acids is 1. The first-order valence-corrected chi connectivity index (χ1v) is 11.5. The number of nitro benzene ring substituents is 1. The van der Waals surface area contributed by atoms with Crippen LogP contribution in [0.25, 0.3) is 0 Å². The number of nitrogens with zero attached hydrogens (tertiary/aromatic N) is 2. The van der Waals surface area contributed by atoms with Gasteiger partial charge in [-0.15, -0.1) is 0 Å². The lowest BCUT2D eigenvalue weighted by atomic mass is 10.0. The normalized spacial score (nSPS) is 17.1. The average Bonchev–Trinajstić information content (AvgIpc) is 2.78. The minimum atomic E-state index is -3.58. The van der Waals surface area contributed by atoms with Crippen LogP contribution in [0, 0.1) is 10.1 Å². The second-order valence-corrected chi connectivity index (χ2v) is 9.18. The molecule has 1 aliphatic rings. The van der Waals surface area contributed by atoms with Crippen LogP contribution < -0.4 is 10.1 Å². The number of benzene rings is 2. The van der Waals surface area contributed by atoms with E-state index < -0.39 is 20.9 Å². The third kappa shape index (κ3) is 5.59. The molecule has 9 nitrogen and oxygen atoms in total. The fraction of sp³-hybridized carbons (Fsp3) is 0.381. The Morgan fingerprint density at radius 2 is 1.84 bits per heavy atom. The van der Waals surface area contributed by atoms with Gasteiger partial charge in [-0.25, -0.2) is 8.42 Å². The third-order valence-corrected chi connectivity index (χ3v) is 7.17. The summed E-state index contributed by atoms with van der Waals surface area (Å²) >= 11 is 0. The fourth-order valence-corrected chi connectivity index (χ4v) is 5.32. The van der Waals surface area contributed by atoms with Crippen LogP contribution in [-0.4, -0.2) is 42.7 Å². The number of non-ortho nitro benzene ring substituents is 1. The van der Waals surface area contributed by atoms with Crippen molar-refractivity contribution in [3.63, 3.8) is 0 Å². The van der Waals surface area contributed by atoms with E-state index in [0.717, 1.165) is 25.7 Å². The SMILES string of the molecule is CCC1CCCCN1S(=O)(=O)c1ccc(NC(=O)COc2ccc([N+](=O)[O-])cc2)cc1. The van der Waals surface area contributed by atoms with Gasteiger partial charge in [0.05, 0.1) is 9.82 Å². The average molecular weight is 448 g/mol. The van der Waals surface area contributed by atoms with Crippen molar-refractivity contribution < 1.29 is 22.9 Å². The Balaban J connectivity index is 1.58. The van der Waals surface area contributed by atoms with E-state index in [0.29, 0.717) is 18.0 Å². The van der Waals surface area contributed by atoms with Crippen LogP contribution in [0.2, 0.25) is 0 Å². The van der Waals surface area contributed by atoms with Crippen molar-refractivity contribution in [3.05, 3.63) is 58.6 Å². The summed E-state index contributed by atoms with van der Waals surface area (Å²) in [5, 5.41) is 13.3. The predicted octanol–water partition coefficient (Wildman–Crippen LogP) is 3.57. The summed E-state index contributed by atoms with van der Waals surface area (Å²) in [4.78, 5) is 22.4. The first kappa shape index (κ1) is 22.7. The molecule has 1 heterocycles. The van der Waals surface area contributed by atoms with E-state index in [4.69, 9.17) is 4.74 Å². The molecule has 0 saturated carbocycles. The molecular formula is C21H25N3O6S.